The van der Waals surface area contributed by atoms with Crippen molar-refractivity contribution >= 4 is 6.08 Å². The van der Waals surface area contributed by atoms with Gasteiger partial charge in [-0.25, -0.2) is 4.79 Å². The van der Waals surface area contributed by atoms with Crippen molar-refractivity contribution in [3.05, 3.63) is 23.3 Å². The predicted octanol–water partition coefficient (Wildman–Crippen LogP) is 3.15. The molecule has 2 rings (SSSR count). The van der Waals surface area contributed by atoms with Crippen molar-refractivity contribution in [2.24, 2.45) is 4.99 Å². The van der Waals surface area contributed by atoms with E-state index in [0.29, 0.717) is 17.4 Å². The normalized spacial score (nSPS) is 15.8. The second-order valence-electron chi connectivity index (χ2n) is 5.19. The number of hydrogen-bond acceptors (Lipinski definition) is 4. The predicted molar refractivity (Wildman–Crippen MR) is 72.7 cm³/mol. The smallest absolute Gasteiger partial charge is 0.235 e. The van der Waals surface area contributed by atoms with Crippen LogP contribution < -0.4 is 9.47 Å². The van der Waals surface area contributed by atoms with E-state index in [1.165, 1.54) is 0 Å². The van der Waals surface area contributed by atoms with Crippen LogP contribution in [-0.2, 0) is 10.3 Å². The van der Waals surface area contributed by atoms with Crippen molar-refractivity contribution in [1.82, 2.24) is 0 Å². The van der Waals surface area contributed by atoms with Crippen LogP contribution in [0.3, 0.4) is 0 Å². The first-order valence-electron chi connectivity index (χ1n) is 6.43. The lowest BCUT2D eigenvalue weighted by Crippen LogP contribution is -2.08. The SMILES string of the molecule is COc1cc(C(C)C)cc(C2(N=C=O)CC2)c1OC. The summed E-state index contributed by atoms with van der Waals surface area (Å²) in [6.45, 7) is 4.24. The number of benzene rings is 1. The Hall–Kier alpha value is -1.80. The summed E-state index contributed by atoms with van der Waals surface area (Å²) < 4.78 is 10.9. The zero-order chi connectivity index (χ0) is 14.0. The zero-order valence-electron chi connectivity index (χ0n) is 11.8. The van der Waals surface area contributed by atoms with Crippen LogP contribution in [0.5, 0.6) is 11.5 Å². The number of hydrogen-bond donors (Lipinski definition) is 0. The molecule has 0 amide bonds. The van der Waals surface area contributed by atoms with Gasteiger partial charge in [-0.1, -0.05) is 13.8 Å². The number of carbonyl (C=O) groups excluding carboxylic acids is 1. The molecule has 0 N–H and O–H groups in total. The van der Waals surface area contributed by atoms with Gasteiger partial charge in [-0.2, -0.15) is 4.99 Å². The van der Waals surface area contributed by atoms with Gasteiger partial charge in [0.05, 0.1) is 14.2 Å². The number of nitrogens with zero attached hydrogens (tertiary/aromatic N) is 1. The van der Waals surface area contributed by atoms with Crippen molar-refractivity contribution < 1.29 is 14.3 Å². The van der Waals surface area contributed by atoms with Crippen LogP contribution in [0.1, 0.15) is 43.7 Å². The number of ether oxygens (including phenoxy) is 2. The maximum Gasteiger partial charge on any atom is 0.235 e. The Kier molecular flexibility index (Phi) is 3.63. The average Bonchev–Trinajstić information content (AvgIpc) is 3.18. The van der Waals surface area contributed by atoms with Gasteiger partial charge in [0.25, 0.3) is 0 Å². The van der Waals surface area contributed by atoms with E-state index in [1.54, 1.807) is 20.3 Å². The molecule has 0 spiro atoms. The van der Waals surface area contributed by atoms with E-state index in [4.69, 9.17) is 9.47 Å². The van der Waals surface area contributed by atoms with Crippen LogP contribution in [0.25, 0.3) is 0 Å². The molecule has 0 aliphatic heterocycles. The lowest BCUT2D eigenvalue weighted by atomic mass is 9.95. The Labute approximate surface area is 113 Å². The first-order valence-corrected chi connectivity index (χ1v) is 6.43. The molecular weight excluding hydrogens is 242 g/mol. The van der Waals surface area contributed by atoms with E-state index in [2.05, 4.69) is 24.9 Å². The third kappa shape index (κ3) is 2.36. The highest BCUT2D eigenvalue weighted by Crippen LogP contribution is 2.54. The van der Waals surface area contributed by atoms with Crippen LogP contribution in [0.15, 0.2) is 17.1 Å². The highest BCUT2D eigenvalue weighted by atomic mass is 16.5. The maximum absolute atomic E-state index is 10.6. The largest absolute Gasteiger partial charge is 0.493 e. The summed E-state index contributed by atoms with van der Waals surface area (Å²) in [5.41, 5.74) is 1.63. The Morgan fingerprint density at radius 3 is 2.37 bits per heavy atom. The molecule has 4 nitrogen and oxygen atoms in total. The average molecular weight is 261 g/mol. The molecule has 0 unspecified atom stereocenters. The molecule has 1 aliphatic carbocycles. The molecule has 0 aromatic heterocycles. The number of isocyanates is 1. The van der Waals surface area contributed by atoms with Gasteiger partial charge < -0.3 is 9.47 Å². The molecule has 1 fully saturated rings. The minimum atomic E-state index is -0.453. The van der Waals surface area contributed by atoms with Crippen LogP contribution in [0.2, 0.25) is 0 Å². The monoisotopic (exact) mass is 261 g/mol. The third-order valence-electron chi connectivity index (χ3n) is 3.65. The highest BCUT2D eigenvalue weighted by Gasteiger charge is 2.47. The van der Waals surface area contributed by atoms with Crippen molar-refractivity contribution in [3.8, 4) is 11.5 Å². The molecule has 0 atom stereocenters. The zero-order valence-corrected chi connectivity index (χ0v) is 11.8. The highest BCUT2D eigenvalue weighted by molar-refractivity contribution is 5.56. The summed E-state index contributed by atoms with van der Waals surface area (Å²) in [5, 5.41) is 0. The second kappa shape index (κ2) is 5.06. The van der Waals surface area contributed by atoms with E-state index >= 15 is 0 Å². The fourth-order valence-corrected chi connectivity index (χ4v) is 2.31. The van der Waals surface area contributed by atoms with E-state index in [1.807, 2.05) is 6.07 Å². The van der Waals surface area contributed by atoms with Crippen LogP contribution in [-0.4, -0.2) is 20.3 Å². The van der Waals surface area contributed by atoms with Crippen LogP contribution in [0.4, 0.5) is 0 Å². The molecule has 19 heavy (non-hydrogen) atoms. The first kappa shape index (κ1) is 13.6. The lowest BCUT2D eigenvalue weighted by Gasteiger charge is -2.19. The summed E-state index contributed by atoms with van der Waals surface area (Å²) in [6.07, 6.45) is 3.39. The van der Waals surface area contributed by atoms with E-state index in [0.717, 1.165) is 24.0 Å². The Balaban J connectivity index is 2.63. The van der Waals surface area contributed by atoms with Gasteiger partial charge in [-0.05, 0) is 36.5 Å². The van der Waals surface area contributed by atoms with Crippen molar-refractivity contribution in [2.45, 2.75) is 38.1 Å². The number of aliphatic imine (C=N–C) groups is 1. The molecule has 0 radical (unpaired) electrons. The molecule has 4 heteroatoms. The summed E-state index contributed by atoms with van der Waals surface area (Å²) >= 11 is 0. The van der Waals surface area contributed by atoms with Crippen LogP contribution in [0, 0.1) is 0 Å². The molecule has 1 aromatic carbocycles. The molecule has 1 aromatic rings. The standard InChI is InChI=1S/C15H19NO3/c1-10(2)11-7-12(15(5-6-15)16-9-17)14(19-4)13(8-11)18-3/h7-8,10H,5-6H2,1-4H3. The molecule has 0 bridgehead atoms. The minimum absolute atomic E-state index is 0.370. The lowest BCUT2D eigenvalue weighted by molar-refractivity contribution is 0.348. The van der Waals surface area contributed by atoms with E-state index in [-0.39, 0.29) is 0 Å². The van der Waals surface area contributed by atoms with Crippen molar-refractivity contribution in [3.63, 3.8) is 0 Å². The van der Waals surface area contributed by atoms with Crippen LogP contribution >= 0.6 is 0 Å². The Bertz CT molecular complexity index is 526. The topological polar surface area (TPSA) is 47.9 Å². The molecule has 0 heterocycles. The van der Waals surface area contributed by atoms with Gasteiger partial charge >= 0.3 is 0 Å². The number of methoxy groups -OCH3 is 2. The van der Waals surface area contributed by atoms with Gasteiger partial charge in [0.2, 0.25) is 6.08 Å². The summed E-state index contributed by atoms with van der Waals surface area (Å²) in [7, 11) is 3.23. The van der Waals surface area contributed by atoms with Gasteiger partial charge in [-0.3, -0.25) is 0 Å². The third-order valence-corrected chi connectivity index (χ3v) is 3.65. The summed E-state index contributed by atoms with van der Waals surface area (Å²) in [4.78, 5) is 14.6. The fourth-order valence-electron chi connectivity index (χ4n) is 2.31. The fraction of sp³-hybridized carbons (Fsp3) is 0.533. The molecule has 102 valence electrons. The van der Waals surface area contributed by atoms with Gasteiger partial charge in [0.15, 0.2) is 11.5 Å². The first-order chi connectivity index (χ1) is 9.07. The molecule has 0 saturated heterocycles. The quantitative estimate of drug-likeness (QED) is 0.604. The molecule has 1 aliphatic rings. The van der Waals surface area contributed by atoms with Gasteiger partial charge in [0.1, 0.15) is 5.54 Å². The van der Waals surface area contributed by atoms with E-state index < -0.39 is 5.54 Å². The Morgan fingerprint density at radius 2 is 1.95 bits per heavy atom. The van der Waals surface area contributed by atoms with Gasteiger partial charge in [0, 0.05) is 5.56 Å². The molecular formula is C15H19NO3. The van der Waals surface area contributed by atoms with Gasteiger partial charge in [-0.15, -0.1) is 0 Å². The Morgan fingerprint density at radius 1 is 1.26 bits per heavy atom. The number of rotatable bonds is 5. The van der Waals surface area contributed by atoms with Crippen molar-refractivity contribution in [2.75, 3.05) is 14.2 Å². The van der Waals surface area contributed by atoms with E-state index in [9.17, 15) is 4.79 Å². The van der Waals surface area contributed by atoms with Crippen molar-refractivity contribution in [1.29, 1.82) is 0 Å². The maximum atomic E-state index is 10.6. The summed E-state index contributed by atoms with van der Waals surface area (Å²) in [5.74, 6) is 1.73. The minimum Gasteiger partial charge on any atom is -0.493 e. The second-order valence-corrected chi connectivity index (χ2v) is 5.19. The summed E-state index contributed by atoms with van der Waals surface area (Å²) in [6, 6.07) is 4.05. The molecule has 1 saturated carbocycles.